The summed E-state index contributed by atoms with van der Waals surface area (Å²) in [4.78, 5) is 25.4. The second kappa shape index (κ2) is 4.36. The monoisotopic (exact) mass is 316 g/mol. The minimum atomic E-state index is -0.541. The normalized spacial score (nSPS) is 51.7. The zero-order valence-electron chi connectivity index (χ0n) is 14.9. The van der Waals surface area contributed by atoms with Crippen molar-refractivity contribution in [1.82, 2.24) is 0 Å². The Labute approximate surface area is 138 Å². The van der Waals surface area contributed by atoms with Gasteiger partial charge in [0.1, 0.15) is 5.60 Å². The second-order valence-electron chi connectivity index (χ2n) is 9.37. The first kappa shape index (κ1) is 15.6. The third kappa shape index (κ3) is 1.86. The van der Waals surface area contributed by atoms with E-state index in [0.29, 0.717) is 24.0 Å². The van der Waals surface area contributed by atoms with Crippen molar-refractivity contribution in [2.75, 3.05) is 0 Å². The first-order valence-corrected chi connectivity index (χ1v) is 9.09. The fourth-order valence-electron chi connectivity index (χ4n) is 5.73. The SMILES string of the molecule is CC(C)C1=CC(=O)C2(C)CCC3(C)CC(=O)[C@]4(C)OC4C[C@@H]3C12. The maximum Gasteiger partial charge on any atom is 0.167 e. The zero-order chi connectivity index (χ0) is 16.8. The summed E-state index contributed by atoms with van der Waals surface area (Å²) in [6.45, 7) is 10.8. The first-order valence-electron chi connectivity index (χ1n) is 9.09. The van der Waals surface area contributed by atoms with Crippen LogP contribution in [0.15, 0.2) is 11.6 Å². The van der Waals surface area contributed by atoms with Gasteiger partial charge >= 0.3 is 0 Å². The molecule has 3 heteroatoms. The molecule has 1 saturated heterocycles. The van der Waals surface area contributed by atoms with E-state index in [9.17, 15) is 9.59 Å². The second-order valence-corrected chi connectivity index (χ2v) is 9.37. The molecule has 0 aromatic carbocycles. The Morgan fingerprint density at radius 2 is 1.87 bits per heavy atom. The molecule has 2 saturated carbocycles. The number of allylic oxidation sites excluding steroid dienone is 2. The summed E-state index contributed by atoms with van der Waals surface area (Å²) >= 11 is 0. The highest BCUT2D eigenvalue weighted by Crippen LogP contribution is 2.65. The van der Waals surface area contributed by atoms with Crippen LogP contribution >= 0.6 is 0 Å². The highest BCUT2D eigenvalue weighted by Gasteiger charge is 2.67. The molecule has 3 nitrogen and oxygen atoms in total. The van der Waals surface area contributed by atoms with Crippen LogP contribution in [0.4, 0.5) is 0 Å². The maximum atomic E-state index is 12.8. The van der Waals surface area contributed by atoms with Gasteiger partial charge in [0.05, 0.1) is 6.10 Å². The van der Waals surface area contributed by atoms with Gasteiger partial charge < -0.3 is 4.74 Å². The lowest BCUT2D eigenvalue weighted by Crippen LogP contribution is -2.49. The fourth-order valence-corrected chi connectivity index (χ4v) is 5.73. The van der Waals surface area contributed by atoms with E-state index >= 15 is 0 Å². The molecule has 3 fully saturated rings. The van der Waals surface area contributed by atoms with Crippen LogP contribution in [-0.2, 0) is 14.3 Å². The Morgan fingerprint density at radius 3 is 2.52 bits per heavy atom. The molecule has 1 aliphatic heterocycles. The van der Waals surface area contributed by atoms with E-state index in [-0.39, 0.29) is 28.6 Å². The average molecular weight is 316 g/mol. The van der Waals surface area contributed by atoms with E-state index in [1.54, 1.807) is 0 Å². The van der Waals surface area contributed by atoms with Crippen LogP contribution in [0.5, 0.6) is 0 Å². The lowest BCUT2D eigenvalue weighted by atomic mass is 9.51. The van der Waals surface area contributed by atoms with E-state index in [0.717, 1.165) is 19.3 Å². The number of carbonyl (C=O) groups excluding carboxylic acids is 2. The van der Waals surface area contributed by atoms with Gasteiger partial charge in [-0.3, -0.25) is 9.59 Å². The number of Topliss-reactive ketones (excluding diaryl/α,β-unsaturated/α-hetero) is 1. The first-order chi connectivity index (χ1) is 10.6. The van der Waals surface area contributed by atoms with Crippen LogP contribution in [0, 0.1) is 28.6 Å². The van der Waals surface area contributed by atoms with E-state index in [4.69, 9.17) is 4.74 Å². The van der Waals surface area contributed by atoms with Crippen molar-refractivity contribution in [2.24, 2.45) is 28.6 Å². The van der Waals surface area contributed by atoms with Gasteiger partial charge in [-0.15, -0.1) is 0 Å². The summed E-state index contributed by atoms with van der Waals surface area (Å²) in [6, 6.07) is 0. The molecule has 0 bridgehead atoms. The number of carbonyl (C=O) groups is 2. The standard InChI is InChI=1S/C20H28O3/c1-11(2)12-8-14(21)19(4)7-6-18(3)10-15(22)20(5)16(23-20)9-13(18)17(12)19/h8,11,13,16-17H,6-7,9-10H2,1-5H3/t13-,16?,17?,18?,19?,20+/m1/s1. The number of fused-ring (bicyclic) bond motifs is 4. The molecule has 23 heavy (non-hydrogen) atoms. The van der Waals surface area contributed by atoms with Crippen molar-refractivity contribution in [1.29, 1.82) is 0 Å². The summed E-state index contributed by atoms with van der Waals surface area (Å²) in [5.41, 5.74) is 0.522. The molecular weight excluding hydrogens is 288 g/mol. The number of ether oxygens (including phenoxy) is 1. The molecule has 0 spiro atoms. The quantitative estimate of drug-likeness (QED) is 0.693. The van der Waals surface area contributed by atoms with Crippen molar-refractivity contribution in [3.05, 3.63) is 11.6 Å². The molecular formula is C20H28O3. The number of rotatable bonds is 1. The smallest absolute Gasteiger partial charge is 0.167 e. The number of epoxide rings is 1. The molecule has 4 unspecified atom stereocenters. The Bertz CT molecular complexity index is 633. The Morgan fingerprint density at radius 1 is 1.17 bits per heavy atom. The number of ketones is 2. The van der Waals surface area contributed by atoms with Gasteiger partial charge in [-0.25, -0.2) is 0 Å². The van der Waals surface area contributed by atoms with Crippen LogP contribution in [0.2, 0.25) is 0 Å². The van der Waals surface area contributed by atoms with Gasteiger partial charge in [0.15, 0.2) is 11.6 Å². The maximum absolute atomic E-state index is 12.8. The van der Waals surface area contributed by atoms with Gasteiger partial charge in [0, 0.05) is 11.8 Å². The molecule has 0 amide bonds. The van der Waals surface area contributed by atoms with E-state index in [2.05, 4.69) is 27.7 Å². The molecule has 0 radical (unpaired) electrons. The van der Waals surface area contributed by atoms with Gasteiger partial charge in [-0.1, -0.05) is 33.3 Å². The van der Waals surface area contributed by atoms with E-state index < -0.39 is 5.60 Å². The summed E-state index contributed by atoms with van der Waals surface area (Å²) in [5.74, 6) is 1.63. The largest absolute Gasteiger partial charge is 0.358 e. The Balaban J connectivity index is 1.79. The molecule has 4 aliphatic rings. The molecule has 6 atom stereocenters. The van der Waals surface area contributed by atoms with Crippen LogP contribution in [-0.4, -0.2) is 23.3 Å². The summed E-state index contributed by atoms with van der Waals surface area (Å²) in [5, 5.41) is 0. The van der Waals surface area contributed by atoms with Gasteiger partial charge in [-0.2, -0.15) is 0 Å². The van der Waals surface area contributed by atoms with Crippen LogP contribution in [0.25, 0.3) is 0 Å². The van der Waals surface area contributed by atoms with Gasteiger partial charge in [-0.05, 0) is 55.4 Å². The van der Waals surface area contributed by atoms with E-state index in [1.165, 1.54) is 5.57 Å². The lowest BCUT2D eigenvalue weighted by Gasteiger charge is -2.52. The van der Waals surface area contributed by atoms with Crippen LogP contribution in [0.1, 0.15) is 60.3 Å². The average Bonchev–Trinajstić information content (AvgIpc) is 3.05. The number of hydrogen-bond acceptors (Lipinski definition) is 3. The fraction of sp³-hybridized carbons (Fsp3) is 0.800. The van der Waals surface area contributed by atoms with Gasteiger partial charge in [0.25, 0.3) is 0 Å². The minimum Gasteiger partial charge on any atom is -0.358 e. The number of hydrogen-bond donors (Lipinski definition) is 0. The molecule has 0 N–H and O–H groups in total. The highest BCUT2D eigenvalue weighted by atomic mass is 16.6. The van der Waals surface area contributed by atoms with Crippen molar-refractivity contribution in [2.45, 2.75) is 72.0 Å². The van der Waals surface area contributed by atoms with Crippen LogP contribution < -0.4 is 0 Å². The third-order valence-corrected chi connectivity index (χ3v) is 7.62. The third-order valence-electron chi connectivity index (χ3n) is 7.62. The Kier molecular flexibility index (Phi) is 2.95. The summed E-state index contributed by atoms with van der Waals surface area (Å²) in [7, 11) is 0. The van der Waals surface area contributed by atoms with Crippen molar-refractivity contribution in [3.8, 4) is 0 Å². The predicted octanol–water partition coefficient (Wildman–Crippen LogP) is 3.71. The van der Waals surface area contributed by atoms with E-state index in [1.807, 2.05) is 13.0 Å². The van der Waals surface area contributed by atoms with Gasteiger partial charge in [0.2, 0.25) is 0 Å². The molecule has 126 valence electrons. The zero-order valence-corrected chi connectivity index (χ0v) is 14.9. The van der Waals surface area contributed by atoms with Crippen LogP contribution in [0.3, 0.4) is 0 Å². The molecule has 1 heterocycles. The van der Waals surface area contributed by atoms with Crippen molar-refractivity contribution < 1.29 is 14.3 Å². The summed E-state index contributed by atoms with van der Waals surface area (Å²) in [6.07, 6.45) is 5.41. The summed E-state index contributed by atoms with van der Waals surface area (Å²) < 4.78 is 5.80. The molecule has 0 aromatic heterocycles. The lowest BCUT2D eigenvalue weighted by molar-refractivity contribution is -0.134. The predicted molar refractivity (Wildman–Crippen MR) is 87.9 cm³/mol. The minimum absolute atomic E-state index is 0.0135. The van der Waals surface area contributed by atoms with Crippen molar-refractivity contribution >= 4 is 11.6 Å². The molecule has 0 aromatic rings. The molecule has 4 rings (SSSR count). The Hall–Kier alpha value is -0.960. The molecule has 3 aliphatic carbocycles. The topological polar surface area (TPSA) is 46.7 Å². The highest BCUT2D eigenvalue weighted by molar-refractivity contribution is 5.99. The van der Waals surface area contributed by atoms with Crippen molar-refractivity contribution in [3.63, 3.8) is 0 Å².